The molecule has 1 fully saturated rings. The molecule has 0 unspecified atom stereocenters. The molecule has 172 valence electrons. The number of ether oxygens (including phenoxy) is 1. The van der Waals surface area contributed by atoms with Gasteiger partial charge < -0.3 is 4.74 Å². The van der Waals surface area contributed by atoms with E-state index in [0.29, 0.717) is 28.2 Å². The number of hydrogen-bond donors (Lipinski definition) is 0. The summed E-state index contributed by atoms with van der Waals surface area (Å²) in [5.74, 6) is -2.59. The molecule has 2 aromatic rings. The molecule has 0 aliphatic heterocycles. The number of allylic oxidation sites excluding steroid dienone is 2. The van der Waals surface area contributed by atoms with E-state index in [4.69, 9.17) is 0 Å². The van der Waals surface area contributed by atoms with E-state index in [1.54, 1.807) is 6.08 Å². The third kappa shape index (κ3) is 4.81. The van der Waals surface area contributed by atoms with Gasteiger partial charge in [0.25, 0.3) is 0 Å². The maximum atomic E-state index is 15.0. The van der Waals surface area contributed by atoms with Crippen LogP contribution in [0.3, 0.4) is 0 Å². The smallest absolute Gasteiger partial charge is 0.403 e. The molecule has 0 N–H and O–H groups in total. The van der Waals surface area contributed by atoms with Crippen molar-refractivity contribution in [1.29, 1.82) is 0 Å². The average Bonchev–Trinajstić information content (AvgIpc) is 2.73. The molecule has 0 aromatic heterocycles. The second-order valence-corrected chi connectivity index (χ2v) is 8.69. The van der Waals surface area contributed by atoms with E-state index < -0.39 is 29.6 Å². The van der Waals surface area contributed by atoms with E-state index in [1.165, 1.54) is 12.1 Å². The Hall–Kier alpha value is -2.44. The second-order valence-electron chi connectivity index (χ2n) is 8.69. The lowest BCUT2D eigenvalue weighted by molar-refractivity contribution is -0.275. The minimum atomic E-state index is -5.01. The van der Waals surface area contributed by atoms with Crippen LogP contribution in [0.25, 0.3) is 5.57 Å². The summed E-state index contributed by atoms with van der Waals surface area (Å²) in [4.78, 5) is 0. The van der Waals surface area contributed by atoms with Crippen LogP contribution in [0.5, 0.6) is 5.75 Å². The van der Waals surface area contributed by atoms with Gasteiger partial charge in [-0.25, -0.2) is 13.2 Å². The summed E-state index contributed by atoms with van der Waals surface area (Å²) in [5.41, 5.74) is 1.68. The van der Waals surface area contributed by atoms with Gasteiger partial charge in [0.1, 0.15) is 11.6 Å². The monoisotopic (exact) mass is 454 g/mol. The van der Waals surface area contributed by atoms with Gasteiger partial charge in [-0.05, 0) is 96.9 Å². The minimum absolute atomic E-state index is 0.0212. The Morgan fingerprint density at radius 3 is 2.12 bits per heavy atom. The van der Waals surface area contributed by atoms with Crippen LogP contribution in [0.2, 0.25) is 0 Å². The summed E-state index contributed by atoms with van der Waals surface area (Å²) in [6, 6.07) is 4.73. The van der Waals surface area contributed by atoms with Crippen molar-refractivity contribution >= 4 is 5.57 Å². The maximum absolute atomic E-state index is 15.0. The van der Waals surface area contributed by atoms with Crippen LogP contribution in [0.1, 0.15) is 67.2 Å². The highest BCUT2D eigenvalue weighted by Crippen LogP contribution is 2.40. The topological polar surface area (TPSA) is 9.23 Å². The van der Waals surface area contributed by atoms with E-state index >= 15 is 0 Å². The SMILES string of the molecule is CCC1CCC(c2cc(F)c(C3=CCc4cc(OC(F)(F)F)c(F)cc4C3)c(F)c2)CC1. The molecule has 1 saturated carbocycles. The summed E-state index contributed by atoms with van der Waals surface area (Å²) >= 11 is 0. The Balaban J connectivity index is 1.56. The van der Waals surface area contributed by atoms with Crippen LogP contribution < -0.4 is 4.74 Å². The molecule has 2 aliphatic carbocycles. The van der Waals surface area contributed by atoms with E-state index in [1.807, 2.05) is 0 Å². The van der Waals surface area contributed by atoms with Crippen LogP contribution in [0.15, 0.2) is 30.3 Å². The number of rotatable bonds is 4. The zero-order valence-corrected chi connectivity index (χ0v) is 17.7. The summed E-state index contributed by atoms with van der Waals surface area (Å²) in [7, 11) is 0. The first kappa shape index (κ1) is 22.7. The van der Waals surface area contributed by atoms with Crippen molar-refractivity contribution in [1.82, 2.24) is 0 Å². The summed E-state index contributed by atoms with van der Waals surface area (Å²) in [5, 5.41) is 0. The Morgan fingerprint density at radius 2 is 1.53 bits per heavy atom. The van der Waals surface area contributed by atoms with Crippen LogP contribution >= 0.6 is 0 Å². The number of benzene rings is 2. The van der Waals surface area contributed by atoms with Gasteiger partial charge >= 0.3 is 6.36 Å². The lowest BCUT2D eigenvalue weighted by Crippen LogP contribution is -2.18. The normalized spacial score (nSPS) is 21.2. The Kier molecular flexibility index (Phi) is 6.28. The largest absolute Gasteiger partial charge is 0.573 e. The first-order valence-corrected chi connectivity index (χ1v) is 10.9. The van der Waals surface area contributed by atoms with E-state index in [9.17, 15) is 26.3 Å². The average molecular weight is 454 g/mol. The molecular weight excluding hydrogens is 430 g/mol. The molecule has 0 saturated heterocycles. The van der Waals surface area contributed by atoms with Crippen LogP contribution in [-0.4, -0.2) is 6.36 Å². The molecule has 0 heterocycles. The molecule has 0 bridgehead atoms. The Labute approximate surface area is 183 Å². The molecular formula is C25H24F6O. The van der Waals surface area contributed by atoms with Crippen molar-refractivity contribution < 1.29 is 31.1 Å². The molecule has 2 aromatic carbocycles. The first-order chi connectivity index (χ1) is 15.1. The molecule has 7 heteroatoms. The highest BCUT2D eigenvalue weighted by atomic mass is 19.4. The van der Waals surface area contributed by atoms with Crippen molar-refractivity contribution in [3.63, 3.8) is 0 Å². The van der Waals surface area contributed by atoms with Gasteiger partial charge in [0.15, 0.2) is 11.6 Å². The van der Waals surface area contributed by atoms with Gasteiger partial charge in [-0.1, -0.05) is 19.4 Å². The van der Waals surface area contributed by atoms with E-state index in [0.717, 1.165) is 44.2 Å². The van der Waals surface area contributed by atoms with Gasteiger partial charge in [0.05, 0.1) is 0 Å². The van der Waals surface area contributed by atoms with Crippen molar-refractivity contribution in [3.8, 4) is 5.75 Å². The molecule has 0 spiro atoms. The summed E-state index contributed by atoms with van der Waals surface area (Å²) in [6.07, 6.45) is 1.77. The number of alkyl halides is 3. The lowest BCUT2D eigenvalue weighted by atomic mass is 9.77. The third-order valence-electron chi connectivity index (χ3n) is 6.71. The minimum Gasteiger partial charge on any atom is -0.403 e. The molecule has 0 radical (unpaired) electrons. The zero-order chi connectivity index (χ0) is 23.0. The fraction of sp³-hybridized carbons (Fsp3) is 0.440. The fourth-order valence-corrected chi connectivity index (χ4v) is 4.93. The highest BCUT2D eigenvalue weighted by Gasteiger charge is 2.33. The summed E-state index contributed by atoms with van der Waals surface area (Å²) in [6.45, 7) is 2.16. The zero-order valence-electron chi connectivity index (χ0n) is 17.7. The van der Waals surface area contributed by atoms with Crippen molar-refractivity contribution in [3.05, 3.63) is 70.0 Å². The van der Waals surface area contributed by atoms with Crippen molar-refractivity contribution in [2.75, 3.05) is 0 Å². The van der Waals surface area contributed by atoms with Gasteiger partial charge in [-0.15, -0.1) is 13.2 Å². The number of halogens is 6. The van der Waals surface area contributed by atoms with E-state index in [2.05, 4.69) is 11.7 Å². The van der Waals surface area contributed by atoms with Crippen LogP contribution in [0, 0.1) is 23.4 Å². The molecule has 32 heavy (non-hydrogen) atoms. The number of fused-ring (bicyclic) bond motifs is 1. The molecule has 1 nitrogen and oxygen atoms in total. The Bertz CT molecular complexity index is 1010. The molecule has 0 atom stereocenters. The molecule has 0 amide bonds. The highest BCUT2D eigenvalue weighted by molar-refractivity contribution is 5.72. The van der Waals surface area contributed by atoms with Crippen molar-refractivity contribution in [2.24, 2.45) is 5.92 Å². The Morgan fingerprint density at radius 1 is 0.875 bits per heavy atom. The molecule has 4 rings (SSSR count). The predicted molar refractivity (Wildman–Crippen MR) is 110 cm³/mol. The van der Waals surface area contributed by atoms with Crippen LogP contribution in [0.4, 0.5) is 26.3 Å². The summed E-state index contributed by atoms with van der Waals surface area (Å²) < 4.78 is 85.2. The van der Waals surface area contributed by atoms with Gasteiger partial charge in [-0.2, -0.15) is 0 Å². The second kappa shape index (κ2) is 8.83. The third-order valence-corrected chi connectivity index (χ3v) is 6.71. The maximum Gasteiger partial charge on any atom is 0.573 e. The van der Waals surface area contributed by atoms with Gasteiger partial charge in [0, 0.05) is 5.56 Å². The predicted octanol–water partition coefficient (Wildman–Crippen LogP) is 7.87. The quantitative estimate of drug-likeness (QED) is 0.427. The van der Waals surface area contributed by atoms with Crippen LogP contribution in [-0.2, 0) is 12.8 Å². The van der Waals surface area contributed by atoms with Gasteiger partial charge in [-0.3, -0.25) is 0 Å². The standard InChI is InChI=1S/C25H24F6O/c1-2-14-3-5-15(6-4-14)19-11-21(27)24(22(28)12-19)17-8-7-16-13-23(32-25(29,30)31)20(26)10-18(16)9-17/h8,10-15H,2-7,9H2,1H3. The number of hydrogen-bond acceptors (Lipinski definition) is 1. The first-order valence-electron chi connectivity index (χ1n) is 10.9. The lowest BCUT2D eigenvalue weighted by Gasteiger charge is -2.28. The van der Waals surface area contributed by atoms with Crippen molar-refractivity contribution in [2.45, 2.75) is 64.1 Å². The van der Waals surface area contributed by atoms with Gasteiger partial charge in [0.2, 0.25) is 0 Å². The fourth-order valence-electron chi connectivity index (χ4n) is 4.93. The molecule has 2 aliphatic rings. The van der Waals surface area contributed by atoms with E-state index in [-0.39, 0.29) is 24.3 Å².